The molecule has 0 spiro atoms. The fourth-order valence-corrected chi connectivity index (χ4v) is 2.54. The van der Waals surface area contributed by atoms with E-state index in [1.165, 1.54) is 16.8 Å². The first-order valence-corrected chi connectivity index (χ1v) is 5.71. The minimum absolute atomic E-state index is 0.680. The van der Waals surface area contributed by atoms with Gasteiger partial charge in [-0.3, -0.25) is 0 Å². The van der Waals surface area contributed by atoms with Gasteiger partial charge in [0.15, 0.2) is 0 Å². The van der Waals surface area contributed by atoms with Crippen LogP contribution in [-0.4, -0.2) is 27.2 Å². The summed E-state index contributed by atoms with van der Waals surface area (Å²) in [5.41, 5.74) is 4.47. The first kappa shape index (κ1) is 10.5. The third kappa shape index (κ3) is 1.86. The monoisotopic (exact) mass is 204 g/mol. The summed E-state index contributed by atoms with van der Waals surface area (Å²) in [5, 5.41) is 3.21. The number of nitrogens with zero attached hydrogens (tertiary/aromatic N) is 1. The SMILES string of the molecule is CNCCc1cccc2c1N(C)CC2C. The van der Waals surface area contributed by atoms with Crippen LogP contribution < -0.4 is 10.2 Å². The van der Waals surface area contributed by atoms with E-state index in [1.807, 2.05) is 7.05 Å². The van der Waals surface area contributed by atoms with Crippen LogP contribution in [0.2, 0.25) is 0 Å². The molecule has 1 aliphatic rings. The molecule has 1 unspecified atom stereocenters. The summed E-state index contributed by atoms with van der Waals surface area (Å²) in [6, 6.07) is 6.72. The second-order valence-electron chi connectivity index (χ2n) is 4.49. The first-order valence-electron chi connectivity index (χ1n) is 5.71. The van der Waals surface area contributed by atoms with Gasteiger partial charge >= 0.3 is 0 Å². The molecule has 0 saturated heterocycles. The second-order valence-corrected chi connectivity index (χ2v) is 4.49. The van der Waals surface area contributed by atoms with E-state index in [1.54, 1.807) is 0 Å². The van der Waals surface area contributed by atoms with Crippen molar-refractivity contribution in [2.45, 2.75) is 19.3 Å². The largest absolute Gasteiger partial charge is 0.374 e. The average Bonchev–Trinajstić information content (AvgIpc) is 2.53. The molecule has 0 aliphatic carbocycles. The van der Waals surface area contributed by atoms with Crippen molar-refractivity contribution in [1.29, 1.82) is 0 Å². The molecule has 2 heteroatoms. The Balaban J connectivity index is 2.33. The molecule has 2 nitrogen and oxygen atoms in total. The van der Waals surface area contributed by atoms with Crippen LogP contribution in [0, 0.1) is 0 Å². The fourth-order valence-electron chi connectivity index (χ4n) is 2.54. The number of anilines is 1. The lowest BCUT2D eigenvalue weighted by molar-refractivity contribution is 0.786. The molecule has 1 heterocycles. The number of nitrogens with one attached hydrogen (secondary N) is 1. The highest BCUT2D eigenvalue weighted by atomic mass is 15.1. The summed E-state index contributed by atoms with van der Waals surface area (Å²) >= 11 is 0. The normalized spacial score (nSPS) is 19.4. The lowest BCUT2D eigenvalue weighted by atomic mass is 9.99. The predicted molar refractivity (Wildman–Crippen MR) is 65.8 cm³/mol. The van der Waals surface area contributed by atoms with Crippen LogP contribution in [0.1, 0.15) is 24.0 Å². The Bertz CT molecular complexity index is 346. The van der Waals surface area contributed by atoms with Crippen molar-refractivity contribution in [3.63, 3.8) is 0 Å². The molecule has 1 atom stereocenters. The standard InChI is InChI=1S/C13H20N2/c1-10-9-15(3)13-11(7-8-14-2)5-4-6-12(10)13/h4-6,10,14H,7-9H2,1-3H3. The highest BCUT2D eigenvalue weighted by Crippen LogP contribution is 2.37. The Kier molecular flexibility index (Phi) is 2.96. The van der Waals surface area contributed by atoms with Crippen molar-refractivity contribution in [2.75, 3.05) is 32.1 Å². The zero-order chi connectivity index (χ0) is 10.8. The van der Waals surface area contributed by atoms with Gasteiger partial charge in [-0.15, -0.1) is 0 Å². The molecule has 15 heavy (non-hydrogen) atoms. The Morgan fingerprint density at radius 3 is 3.00 bits per heavy atom. The Hall–Kier alpha value is -1.02. The zero-order valence-electron chi connectivity index (χ0n) is 9.88. The number of likely N-dealkylation sites (N-methyl/N-ethyl adjacent to an activating group) is 2. The summed E-state index contributed by atoms with van der Waals surface area (Å²) in [6.45, 7) is 4.52. The van der Waals surface area contributed by atoms with Gasteiger partial charge in [-0.25, -0.2) is 0 Å². The summed E-state index contributed by atoms with van der Waals surface area (Å²) in [7, 11) is 4.21. The number of benzene rings is 1. The van der Waals surface area contributed by atoms with E-state index in [9.17, 15) is 0 Å². The van der Waals surface area contributed by atoms with Gasteiger partial charge in [0.1, 0.15) is 0 Å². The molecule has 0 radical (unpaired) electrons. The van der Waals surface area contributed by atoms with Crippen molar-refractivity contribution in [3.05, 3.63) is 29.3 Å². The number of para-hydroxylation sites is 1. The quantitative estimate of drug-likeness (QED) is 0.810. The topological polar surface area (TPSA) is 15.3 Å². The Labute approximate surface area is 92.3 Å². The van der Waals surface area contributed by atoms with Crippen LogP contribution in [-0.2, 0) is 6.42 Å². The van der Waals surface area contributed by atoms with E-state index in [0.717, 1.165) is 19.5 Å². The molecular formula is C13H20N2. The van der Waals surface area contributed by atoms with E-state index >= 15 is 0 Å². The summed E-state index contributed by atoms with van der Waals surface area (Å²) < 4.78 is 0. The van der Waals surface area contributed by atoms with Crippen molar-refractivity contribution >= 4 is 5.69 Å². The molecule has 0 aromatic heterocycles. The van der Waals surface area contributed by atoms with Gasteiger partial charge < -0.3 is 10.2 Å². The second kappa shape index (κ2) is 4.23. The van der Waals surface area contributed by atoms with Crippen LogP contribution in [0.25, 0.3) is 0 Å². The maximum Gasteiger partial charge on any atom is 0.0432 e. The summed E-state index contributed by atoms with van der Waals surface area (Å²) in [5.74, 6) is 0.680. The fraction of sp³-hybridized carbons (Fsp3) is 0.538. The van der Waals surface area contributed by atoms with E-state index < -0.39 is 0 Å². The van der Waals surface area contributed by atoms with Gasteiger partial charge in [0.2, 0.25) is 0 Å². The molecule has 0 fully saturated rings. The third-order valence-corrected chi connectivity index (χ3v) is 3.26. The summed E-state index contributed by atoms with van der Waals surface area (Å²) in [4.78, 5) is 2.39. The van der Waals surface area contributed by atoms with Gasteiger partial charge in [0.25, 0.3) is 0 Å². The zero-order valence-corrected chi connectivity index (χ0v) is 9.88. The average molecular weight is 204 g/mol. The molecule has 1 aromatic rings. The smallest absolute Gasteiger partial charge is 0.0432 e. The maximum absolute atomic E-state index is 3.21. The van der Waals surface area contributed by atoms with Crippen molar-refractivity contribution in [1.82, 2.24) is 5.32 Å². The summed E-state index contributed by atoms with van der Waals surface area (Å²) in [6.07, 6.45) is 1.12. The molecule has 82 valence electrons. The van der Waals surface area contributed by atoms with Crippen molar-refractivity contribution in [2.24, 2.45) is 0 Å². The van der Waals surface area contributed by atoms with Crippen LogP contribution in [0.4, 0.5) is 5.69 Å². The predicted octanol–water partition coefficient (Wildman–Crippen LogP) is 2.00. The number of rotatable bonds is 3. The minimum Gasteiger partial charge on any atom is -0.374 e. The maximum atomic E-state index is 3.21. The Morgan fingerprint density at radius 1 is 1.47 bits per heavy atom. The highest BCUT2D eigenvalue weighted by molar-refractivity contribution is 5.64. The van der Waals surface area contributed by atoms with E-state index in [-0.39, 0.29) is 0 Å². The van der Waals surface area contributed by atoms with Gasteiger partial charge in [0.05, 0.1) is 0 Å². The highest BCUT2D eigenvalue weighted by Gasteiger charge is 2.24. The van der Waals surface area contributed by atoms with Crippen LogP contribution in [0.3, 0.4) is 0 Å². The molecule has 0 bridgehead atoms. The lowest BCUT2D eigenvalue weighted by Gasteiger charge is -2.16. The molecule has 0 saturated carbocycles. The van der Waals surface area contributed by atoms with Crippen molar-refractivity contribution < 1.29 is 0 Å². The molecule has 0 amide bonds. The number of hydrogen-bond acceptors (Lipinski definition) is 2. The van der Waals surface area contributed by atoms with Crippen LogP contribution >= 0.6 is 0 Å². The van der Waals surface area contributed by atoms with Crippen LogP contribution in [0.5, 0.6) is 0 Å². The van der Waals surface area contributed by atoms with E-state index in [2.05, 4.69) is 42.4 Å². The molecule has 2 rings (SSSR count). The number of hydrogen-bond donors (Lipinski definition) is 1. The molecular weight excluding hydrogens is 184 g/mol. The molecule has 1 N–H and O–H groups in total. The third-order valence-electron chi connectivity index (χ3n) is 3.26. The van der Waals surface area contributed by atoms with E-state index in [0.29, 0.717) is 5.92 Å². The van der Waals surface area contributed by atoms with Gasteiger partial charge in [0, 0.05) is 25.2 Å². The van der Waals surface area contributed by atoms with Gasteiger partial charge in [-0.2, -0.15) is 0 Å². The van der Waals surface area contributed by atoms with Gasteiger partial charge in [-0.05, 0) is 31.1 Å². The minimum atomic E-state index is 0.680. The van der Waals surface area contributed by atoms with Gasteiger partial charge in [-0.1, -0.05) is 25.1 Å². The van der Waals surface area contributed by atoms with Crippen molar-refractivity contribution in [3.8, 4) is 0 Å². The molecule has 1 aliphatic heterocycles. The van der Waals surface area contributed by atoms with Crippen LogP contribution in [0.15, 0.2) is 18.2 Å². The molecule has 1 aromatic carbocycles. The Morgan fingerprint density at radius 2 is 2.27 bits per heavy atom. The first-order chi connectivity index (χ1) is 7.24. The van der Waals surface area contributed by atoms with E-state index in [4.69, 9.17) is 0 Å². The number of fused-ring (bicyclic) bond motifs is 1. The lowest BCUT2D eigenvalue weighted by Crippen LogP contribution is -2.17.